The summed E-state index contributed by atoms with van der Waals surface area (Å²) in [5, 5.41) is 14.5. The number of nitrogens with one attached hydrogen (secondary N) is 1. The average Bonchev–Trinajstić information content (AvgIpc) is 2.56. The van der Waals surface area contributed by atoms with Crippen molar-refractivity contribution in [1.82, 2.24) is 9.99 Å². The molecule has 2 N–H and O–H groups in total. The minimum Gasteiger partial charge on any atom is -0.506 e. The third-order valence-electron chi connectivity index (χ3n) is 3.86. The predicted octanol–water partition coefficient (Wildman–Crippen LogP) is 1.36. The molecule has 7 heteroatoms. The van der Waals surface area contributed by atoms with Crippen molar-refractivity contribution in [3.8, 4) is 5.75 Å². The lowest BCUT2D eigenvalue weighted by molar-refractivity contribution is 0.0949. The van der Waals surface area contributed by atoms with Gasteiger partial charge in [-0.15, -0.1) is 5.10 Å². The number of aromatic hydroxyl groups is 1. The van der Waals surface area contributed by atoms with Crippen molar-refractivity contribution in [3.05, 3.63) is 39.7 Å². The van der Waals surface area contributed by atoms with E-state index >= 15 is 0 Å². The number of pyridine rings is 1. The summed E-state index contributed by atoms with van der Waals surface area (Å²) in [5.41, 5.74) is 3.09. The summed E-state index contributed by atoms with van der Waals surface area (Å²) >= 11 is 0. The number of hydrazone groups is 1. The number of amides is 1. The number of aryl methyl sites for hydroxylation is 2. The molecule has 0 unspecified atom stereocenters. The lowest BCUT2D eigenvalue weighted by atomic mass is 9.99. The second-order valence-corrected chi connectivity index (χ2v) is 5.23. The smallest absolute Gasteiger partial charge is 0.280 e. The van der Waals surface area contributed by atoms with Gasteiger partial charge in [-0.25, -0.2) is 5.43 Å². The van der Waals surface area contributed by atoms with E-state index in [1.807, 2.05) is 12.1 Å². The first-order chi connectivity index (χ1) is 11.1. The molecular formula is C16H17N3O4. The summed E-state index contributed by atoms with van der Waals surface area (Å²) in [4.78, 5) is 24.8. The minimum atomic E-state index is -0.759. The average molecular weight is 315 g/mol. The molecule has 7 nitrogen and oxygen atoms in total. The van der Waals surface area contributed by atoms with E-state index in [1.54, 1.807) is 17.6 Å². The van der Waals surface area contributed by atoms with Crippen LogP contribution in [0.3, 0.4) is 0 Å². The van der Waals surface area contributed by atoms with E-state index in [0.717, 1.165) is 24.8 Å². The van der Waals surface area contributed by atoms with E-state index in [1.165, 1.54) is 0 Å². The highest BCUT2D eigenvalue weighted by Gasteiger charge is 2.24. The van der Waals surface area contributed by atoms with Crippen LogP contribution in [-0.2, 0) is 17.7 Å². The van der Waals surface area contributed by atoms with Gasteiger partial charge in [0.2, 0.25) is 0 Å². The van der Waals surface area contributed by atoms with Gasteiger partial charge in [0.25, 0.3) is 11.5 Å². The molecule has 0 aliphatic carbocycles. The van der Waals surface area contributed by atoms with Crippen LogP contribution in [0.15, 0.2) is 28.1 Å². The van der Waals surface area contributed by atoms with Crippen LogP contribution in [0.4, 0.5) is 0 Å². The van der Waals surface area contributed by atoms with Crippen molar-refractivity contribution in [2.75, 3.05) is 6.61 Å². The van der Waals surface area contributed by atoms with Crippen LogP contribution < -0.4 is 11.0 Å². The topological polar surface area (TPSA) is 92.9 Å². The van der Waals surface area contributed by atoms with E-state index in [9.17, 15) is 14.7 Å². The highest BCUT2D eigenvalue weighted by Crippen LogP contribution is 2.31. The molecule has 1 aromatic carbocycles. The van der Waals surface area contributed by atoms with Crippen molar-refractivity contribution in [2.45, 2.75) is 26.3 Å². The van der Waals surface area contributed by atoms with Gasteiger partial charge in [0, 0.05) is 11.9 Å². The van der Waals surface area contributed by atoms with Crippen molar-refractivity contribution >= 4 is 23.2 Å². The Bertz CT molecular complexity index is 855. The third kappa shape index (κ3) is 2.54. The molecule has 0 atom stereocenters. The van der Waals surface area contributed by atoms with Crippen LogP contribution in [0, 0.1) is 0 Å². The van der Waals surface area contributed by atoms with Crippen LogP contribution in [0.1, 0.15) is 29.3 Å². The lowest BCUT2D eigenvalue weighted by Gasteiger charge is -2.21. The van der Waals surface area contributed by atoms with E-state index < -0.39 is 11.5 Å². The quantitative estimate of drug-likeness (QED) is 0.506. The maximum atomic E-state index is 12.6. The van der Waals surface area contributed by atoms with E-state index in [0.29, 0.717) is 24.1 Å². The third-order valence-corrected chi connectivity index (χ3v) is 3.86. The molecule has 2 heterocycles. The highest BCUT2D eigenvalue weighted by molar-refractivity contribution is 6.03. The number of rotatable bonds is 4. The molecule has 23 heavy (non-hydrogen) atoms. The number of aromatic nitrogens is 1. The Hall–Kier alpha value is -2.83. The molecule has 1 amide bonds. The highest BCUT2D eigenvalue weighted by atomic mass is 16.5. The Morgan fingerprint density at radius 1 is 1.52 bits per heavy atom. The summed E-state index contributed by atoms with van der Waals surface area (Å²) in [6.07, 6.45) is 2.75. The Balaban J connectivity index is 2.12. The normalized spacial score (nSPS) is 13.4. The van der Waals surface area contributed by atoms with Crippen LogP contribution in [-0.4, -0.2) is 28.6 Å². The summed E-state index contributed by atoms with van der Waals surface area (Å²) in [5.74, 6) is -1.07. The summed E-state index contributed by atoms with van der Waals surface area (Å²) in [6.45, 7) is 2.71. The number of ether oxygens (including phenoxy) is 1. The van der Waals surface area contributed by atoms with Crippen molar-refractivity contribution < 1.29 is 14.6 Å². The van der Waals surface area contributed by atoms with Gasteiger partial charge in [0.05, 0.1) is 12.1 Å². The number of hydrogen-bond acceptors (Lipinski definition) is 5. The Kier molecular flexibility index (Phi) is 4.01. The summed E-state index contributed by atoms with van der Waals surface area (Å²) < 4.78 is 6.42. The fraction of sp³-hybridized carbons (Fsp3) is 0.312. The summed E-state index contributed by atoms with van der Waals surface area (Å²) in [6, 6.07) is 5.45. The van der Waals surface area contributed by atoms with Crippen molar-refractivity contribution in [1.29, 1.82) is 0 Å². The number of nitrogens with zero attached hydrogens (tertiary/aromatic N) is 2. The first kappa shape index (κ1) is 15.1. The van der Waals surface area contributed by atoms with Gasteiger partial charge in [-0.05, 0) is 31.4 Å². The van der Waals surface area contributed by atoms with Crippen LogP contribution in [0.25, 0.3) is 10.9 Å². The van der Waals surface area contributed by atoms with Gasteiger partial charge in [0.1, 0.15) is 11.3 Å². The zero-order valence-corrected chi connectivity index (χ0v) is 12.7. The number of carbonyl (C=O) groups is 1. The standard InChI is InChI=1S/C16H17N3O4/c1-2-23-9-17-18-15(21)12-14(20)11-7-3-5-10-6-4-8-19(13(10)11)16(12)22/h3,5,7,9,20H,2,4,6,8H2,1H3,(H,18,21)/b17-9-. The van der Waals surface area contributed by atoms with Gasteiger partial charge in [-0.2, -0.15) is 0 Å². The van der Waals surface area contributed by atoms with Gasteiger partial charge in [0.15, 0.2) is 6.40 Å². The van der Waals surface area contributed by atoms with Gasteiger partial charge < -0.3 is 14.4 Å². The van der Waals surface area contributed by atoms with Gasteiger partial charge >= 0.3 is 0 Å². The summed E-state index contributed by atoms with van der Waals surface area (Å²) in [7, 11) is 0. The second kappa shape index (κ2) is 6.12. The fourth-order valence-electron chi connectivity index (χ4n) is 2.87. The predicted molar refractivity (Wildman–Crippen MR) is 85.8 cm³/mol. The lowest BCUT2D eigenvalue weighted by Crippen LogP contribution is -2.33. The van der Waals surface area contributed by atoms with Crippen molar-refractivity contribution in [2.24, 2.45) is 5.10 Å². The van der Waals surface area contributed by atoms with Gasteiger partial charge in [-0.3, -0.25) is 9.59 Å². The Morgan fingerprint density at radius 3 is 3.13 bits per heavy atom. The van der Waals surface area contributed by atoms with E-state index in [2.05, 4.69) is 10.5 Å². The SMILES string of the molecule is CCO/C=N\NC(=O)c1c(O)c2cccc3c2n(c1=O)CCC3. The number of benzene rings is 1. The first-order valence-electron chi connectivity index (χ1n) is 7.46. The molecule has 0 radical (unpaired) electrons. The first-order valence-corrected chi connectivity index (χ1v) is 7.46. The molecule has 3 rings (SSSR count). The maximum absolute atomic E-state index is 12.6. The molecular weight excluding hydrogens is 298 g/mol. The zero-order chi connectivity index (χ0) is 16.4. The maximum Gasteiger partial charge on any atom is 0.280 e. The number of carbonyl (C=O) groups excluding carboxylic acids is 1. The van der Waals surface area contributed by atoms with E-state index in [-0.39, 0.29) is 11.3 Å². The fourth-order valence-corrected chi connectivity index (χ4v) is 2.87. The molecule has 1 aliphatic heterocycles. The van der Waals surface area contributed by atoms with Crippen LogP contribution in [0.2, 0.25) is 0 Å². The van der Waals surface area contributed by atoms with Crippen LogP contribution in [0.5, 0.6) is 5.75 Å². The molecule has 120 valence electrons. The molecule has 1 aliphatic rings. The Labute approximate surface area is 132 Å². The largest absolute Gasteiger partial charge is 0.506 e. The molecule has 0 fully saturated rings. The second-order valence-electron chi connectivity index (χ2n) is 5.23. The number of para-hydroxylation sites is 1. The minimum absolute atomic E-state index is 0.301. The number of hydrogen-bond donors (Lipinski definition) is 2. The molecule has 0 saturated heterocycles. The zero-order valence-electron chi connectivity index (χ0n) is 12.7. The Morgan fingerprint density at radius 2 is 2.35 bits per heavy atom. The van der Waals surface area contributed by atoms with Crippen LogP contribution >= 0.6 is 0 Å². The molecule has 0 spiro atoms. The monoisotopic (exact) mass is 315 g/mol. The van der Waals surface area contributed by atoms with Gasteiger partial charge in [-0.1, -0.05) is 12.1 Å². The van der Waals surface area contributed by atoms with E-state index in [4.69, 9.17) is 4.74 Å². The molecule has 0 saturated carbocycles. The molecule has 1 aromatic heterocycles. The molecule has 2 aromatic rings. The van der Waals surface area contributed by atoms with Crippen molar-refractivity contribution in [3.63, 3.8) is 0 Å². The molecule has 0 bridgehead atoms.